The second kappa shape index (κ2) is 6.14. The van der Waals surface area contributed by atoms with Gasteiger partial charge >= 0.3 is 0 Å². The van der Waals surface area contributed by atoms with Crippen LogP contribution in [0.25, 0.3) is 16.8 Å². The third-order valence-corrected chi connectivity index (χ3v) is 6.64. The zero-order chi connectivity index (χ0) is 15.8. The van der Waals surface area contributed by atoms with Crippen LogP contribution in [-0.2, 0) is 0 Å². The van der Waals surface area contributed by atoms with Gasteiger partial charge in [0.1, 0.15) is 5.37 Å². The zero-order valence-corrected chi connectivity index (χ0v) is 15.5. The number of fused-ring (bicyclic) bond motifs is 1. The first kappa shape index (κ1) is 15.0. The number of halogens is 1. The monoisotopic (exact) mass is 404 g/mol. The maximum absolute atomic E-state index is 4.34. The van der Waals surface area contributed by atoms with Gasteiger partial charge in [-0.05, 0) is 23.1 Å². The molecular weight excluding hydrogens is 392 g/mol. The average molecular weight is 405 g/mol. The van der Waals surface area contributed by atoms with E-state index in [4.69, 9.17) is 0 Å². The number of hydrogen-bond acceptors (Lipinski definition) is 5. The fourth-order valence-corrected chi connectivity index (χ4v) is 5.04. The molecule has 0 N–H and O–H groups in total. The van der Waals surface area contributed by atoms with Crippen molar-refractivity contribution >= 4 is 45.1 Å². The van der Waals surface area contributed by atoms with Crippen molar-refractivity contribution in [2.24, 2.45) is 0 Å². The van der Waals surface area contributed by atoms with E-state index in [1.54, 1.807) is 23.1 Å². The van der Waals surface area contributed by atoms with E-state index in [0.717, 1.165) is 20.3 Å². The molecule has 3 aromatic rings. The van der Waals surface area contributed by atoms with Crippen LogP contribution in [0.15, 0.2) is 57.5 Å². The molecule has 0 spiro atoms. The van der Waals surface area contributed by atoms with E-state index < -0.39 is 0 Å². The van der Waals surface area contributed by atoms with Crippen molar-refractivity contribution in [2.75, 3.05) is 12.1 Å². The quantitative estimate of drug-likeness (QED) is 0.645. The van der Waals surface area contributed by atoms with Crippen LogP contribution in [-0.4, -0.2) is 27.3 Å². The molecular formula is C16H13BrN4S2. The van der Waals surface area contributed by atoms with Crippen LogP contribution < -0.4 is 5.01 Å². The van der Waals surface area contributed by atoms with Gasteiger partial charge in [-0.3, -0.25) is 5.01 Å². The highest BCUT2D eigenvalue weighted by Crippen LogP contribution is 2.40. The van der Waals surface area contributed by atoms with Gasteiger partial charge in [-0.15, -0.1) is 21.5 Å². The molecule has 0 amide bonds. The SMILES string of the molecule is CN1C(/C(Br)=C\c2ccccc2)Sc2nnc(-c3cccs3)n21. The molecule has 3 heterocycles. The molecule has 0 bridgehead atoms. The van der Waals surface area contributed by atoms with Crippen molar-refractivity contribution in [2.45, 2.75) is 10.5 Å². The molecule has 0 fully saturated rings. The van der Waals surface area contributed by atoms with Crippen LogP contribution in [0.4, 0.5) is 0 Å². The van der Waals surface area contributed by atoms with Gasteiger partial charge in [-0.1, -0.05) is 64.1 Å². The average Bonchev–Trinajstić information content (AvgIpc) is 3.26. The summed E-state index contributed by atoms with van der Waals surface area (Å²) in [6.07, 6.45) is 2.15. The van der Waals surface area contributed by atoms with Crippen LogP contribution in [0.3, 0.4) is 0 Å². The maximum Gasteiger partial charge on any atom is 0.212 e. The number of rotatable bonds is 3. The fraction of sp³-hybridized carbons (Fsp3) is 0.125. The lowest BCUT2D eigenvalue weighted by Gasteiger charge is -2.22. The maximum atomic E-state index is 4.34. The predicted octanol–water partition coefficient (Wildman–Crippen LogP) is 4.44. The summed E-state index contributed by atoms with van der Waals surface area (Å²) in [4.78, 5) is 1.13. The van der Waals surface area contributed by atoms with Crippen molar-refractivity contribution in [3.05, 3.63) is 57.9 Å². The van der Waals surface area contributed by atoms with Gasteiger partial charge in [-0.25, -0.2) is 4.68 Å². The van der Waals surface area contributed by atoms with Crippen molar-refractivity contribution in [1.29, 1.82) is 0 Å². The second-order valence-corrected chi connectivity index (χ2v) is 7.99. The summed E-state index contributed by atoms with van der Waals surface area (Å²) in [5.74, 6) is 0.896. The number of benzene rings is 1. The van der Waals surface area contributed by atoms with E-state index in [0.29, 0.717) is 0 Å². The molecule has 1 atom stereocenters. The molecule has 0 radical (unpaired) electrons. The van der Waals surface area contributed by atoms with Crippen LogP contribution in [0.5, 0.6) is 0 Å². The molecule has 1 aromatic carbocycles. The second-order valence-electron chi connectivity index (χ2n) is 5.08. The van der Waals surface area contributed by atoms with Gasteiger partial charge in [-0.2, -0.15) is 0 Å². The number of likely N-dealkylation sites (N-methyl/N-ethyl adjacent to an activating group) is 1. The van der Waals surface area contributed by atoms with Crippen LogP contribution >= 0.6 is 39.0 Å². The van der Waals surface area contributed by atoms with Crippen molar-refractivity contribution in [3.8, 4) is 10.7 Å². The largest absolute Gasteiger partial charge is 0.293 e. The molecule has 4 rings (SSSR count). The Balaban J connectivity index is 1.65. The molecule has 1 aliphatic rings. The first-order valence-corrected chi connectivity index (χ1v) is 9.60. The van der Waals surface area contributed by atoms with Crippen molar-refractivity contribution < 1.29 is 0 Å². The molecule has 23 heavy (non-hydrogen) atoms. The lowest BCUT2D eigenvalue weighted by Crippen LogP contribution is -2.34. The van der Waals surface area contributed by atoms with E-state index in [-0.39, 0.29) is 5.37 Å². The third kappa shape index (κ3) is 2.73. The number of aromatic nitrogens is 3. The summed E-state index contributed by atoms with van der Waals surface area (Å²) in [5, 5.41) is 14.0. The van der Waals surface area contributed by atoms with E-state index in [1.165, 1.54) is 5.56 Å². The number of nitrogens with zero attached hydrogens (tertiary/aromatic N) is 4. The fourth-order valence-electron chi connectivity index (χ4n) is 2.48. The lowest BCUT2D eigenvalue weighted by molar-refractivity contribution is 0.650. The van der Waals surface area contributed by atoms with Gasteiger partial charge in [0.25, 0.3) is 0 Å². The van der Waals surface area contributed by atoms with Gasteiger partial charge < -0.3 is 0 Å². The lowest BCUT2D eigenvalue weighted by atomic mass is 10.2. The van der Waals surface area contributed by atoms with E-state index in [2.05, 4.69) is 72.5 Å². The highest BCUT2D eigenvalue weighted by Gasteiger charge is 2.34. The molecule has 1 aliphatic heterocycles. The Kier molecular flexibility index (Phi) is 4.00. The molecule has 0 saturated carbocycles. The molecule has 0 saturated heterocycles. The Morgan fingerprint density at radius 1 is 1.17 bits per heavy atom. The Hall–Kier alpha value is -1.57. The Labute approximate surface area is 150 Å². The van der Waals surface area contributed by atoms with E-state index in [1.807, 2.05) is 24.3 Å². The molecule has 2 aromatic heterocycles. The van der Waals surface area contributed by atoms with Gasteiger partial charge in [0.2, 0.25) is 5.16 Å². The summed E-state index contributed by atoms with van der Waals surface area (Å²) in [6.45, 7) is 0. The summed E-state index contributed by atoms with van der Waals surface area (Å²) in [5.41, 5.74) is 1.18. The molecule has 116 valence electrons. The minimum atomic E-state index is 0.152. The molecule has 7 heteroatoms. The highest BCUT2D eigenvalue weighted by molar-refractivity contribution is 9.12. The summed E-state index contributed by atoms with van der Waals surface area (Å²) >= 11 is 7.11. The number of hydrogen-bond donors (Lipinski definition) is 0. The molecule has 4 nitrogen and oxygen atoms in total. The van der Waals surface area contributed by atoms with Crippen LogP contribution in [0.1, 0.15) is 5.56 Å². The van der Waals surface area contributed by atoms with Gasteiger partial charge in [0, 0.05) is 11.5 Å². The Morgan fingerprint density at radius 3 is 2.74 bits per heavy atom. The Morgan fingerprint density at radius 2 is 2.00 bits per heavy atom. The number of thiophene rings is 1. The molecule has 0 aliphatic carbocycles. The topological polar surface area (TPSA) is 34.0 Å². The minimum Gasteiger partial charge on any atom is -0.293 e. The van der Waals surface area contributed by atoms with E-state index >= 15 is 0 Å². The minimum absolute atomic E-state index is 0.152. The standard InChI is InChI=1S/C16H13BrN4S2/c1-20-15(12(17)10-11-6-3-2-4-7-11)23-16-19-18-14(21(16)20)13-8-5-9-22-13/h2-10,15H,1H3/b12-10+. The zero-order valence-electron chi connectivity index (χ0n) is 12.3. The number of thioether (sulfide) groups is 1. The van der Waals surface area contributed by atoms with Crippen molar-refractivity contribution in [1.82, 2.24) is 14.9 Å². The predicted molar refractivity (Wildman–Crippen MR) is 100 cm³/mol. The highest BCUT2D eigenvalue weighted by atomic mass is 79.9. The summed E-state index contributed by atoms with van der Waals surface area (Å²) < 4.78 is 3.19. The van der Waals surface area contributed by atoms with Crippen LogP contribution in [0.2, 0.25) is 0 Å². The first-order valence-electron chi connectivity index (χ1n) is 7.05. The normalized spacial score (nSPS) is 17.6. The summed E-state index contributed by atoms with van der Waals surface area (Å²) in [6, 6.07) is 14.4. The van der Waals surface area contributed by atoms with Crippen molar-refractivity contribution in [3.63, 3.8) is 0 Å². The van der Waals surface area contributed by atoms with E-state index in [9.17, 15) is 0 Å². The van der Waals surface area contributed by atoms with Crippen LogP contribution in [0, 0.1) is 0 Å². The summed E-state index contributed by atoms with van der Waals surface area (Å²) in [7, 11) is 2.06. The molecule has 1 unspecified atom stereocenters. The first-order chi connectivity index (χ1) is 11.2. The Bertz CT molecular complexity index is 842. The van der Waals surface area contributed by atoms with Gasteiger partial charge in [0.15, 0.2) is 5.82 Å². The third-order valence-electron chi connectivity index (χ3n) is 3.57. The smallest absolute Gasteiger partial charge is 0.212 e. The van der Waals surface area contributed by atoms with Gasteiger partial charge in [0.05, 0.1) is 4.88 Å².